The van der Waals surface area contributed by atoms with Crippen LogP contribution in [-0.4, -0.2) is 30.7 Å². The molecule has 20 heavy (non-hydrogen) atoms. The van der Waals surface area contributed by atoms with Crippen molar-refractivity contribution in [3.05, 3.63) is 17.9 Å². The smallest absolute Gasteiger partial charge is 0.306 e. The summed E-state index contributed by atoms with van der Waals surface area (Å²) in [5, 5.41) is 12.3. The molecule has 0 saturated carbocycles. The lowest BCUT2D eigenvalue weighted by Crippen LogP contribution is -2.36. The molecule has 1 aromatic rings. The summed E-state index contributed by atoms with van der Waals surface area (Å²) in [6, 6.07) is 3.97. The fourth-order valence-electron chi connectivity index (χ4n) is 2.46. The lowest BCUT2D eigenvalue weighted by atomic mass is 9.97. The van der Waals surface area contributed by atoms with Gasteiger partial charge in [0, 0.05) is 19.2 Å². The second-order valence-corrected chi connectivity index (χ2v) is 5.86. The minimum atomic E-state index is -0.678. The Bertz CT molecular complexity index is 434. The summed E-state index contributed by atoms with van der Waals surface area (Å²) in [5.41, 5.74) is 0. The lowest BCUT2D eigenvalue weighted by Gasteiger charge is -2.29. The van der Waals surface area contributed by atoms with Gasteiger partial charge in [0.05, 0.1) is 12.5 Å². The monoisotopic (exact) mass is 280 g/mol. The molecule has 2 heterocycles. The van der Waals surface area contributed by atoms with Crippen LogP contribution in [0.15, 0.2) is 16.5 Å². The third kappa shape index (κ3) is 4.00. The Hall–Kier alpha value is -1.49. The van der Waals surface area contributed by atoms with Crippen LogP contribution in [0, 0.1) is 11.8 Å². The summed E-state index contributed by atoms with van der Waals surface area (Å²) in [5.74, 6) is 1.53. The van der Waals surface area contributed by atoms with E-state index in [9.17, 15) is 4.79 Å². The van der Waals surface area contributed by atoms with E-state index in [1.165, 1.54) is 0 Å². The van der Waals surface area contributed by atoms with Gasteiger partial charge in [-0.15, -0.1) is 0 Å². The van der Waals surface area contributed by atoms with Gasteiger partial charge in [-0.05, 0) is 31.4 Å². The van der Waals surface area contributed by atoms with E-state index < -0.39 is 5.97 Å². The van der Waals surface area contributed by atoms with Crippen molar-refractivity contribution < 1.29 is 14.3 Å². The highest BCUT2D eigenvalue weighted by atomic mass is 16.4. The molecule has 0 unspecified atom stereocenters. The topological polar surface area (TPSA) is 65.7 Å². The third-order valence-electron chi connectivity index (χ3n) is 3.66. The molecule has 5 nitrogen and oxygen atoms in total. The molecule has 1 saturated heterocycles. The number of nitrogens with one attached hydrogen (secondary N) is 1. The number of carboxylic acid groups (broad SMARTS) is 1. The fourth-order valence-corrected chi connectivity index (χ4v) is 2.46. The zero-order valence-corrected chi connectivity index (χ0v) is 12.3. The first-order valence-electron chi connectivity index (χ1n) is 7.33. The quantitative estimate of drug-likeness (QED) is 0.837. The Balaban J connectivity index is 1.82. The maximum atomic E-state index is 10.9. The first-order chi connectivity index (χ1) is 9.56. The van der Waals surface area contributed by atoms with Gasteiger partial charge < -0.3 is 19.7 Å². The summed E-state index contributed by atoms with van der Waals surface area (Å²) in [4.78, 5) is 13.1. The van der Waals surface area contributed by atoms with Crippen LogP contribution in [0.1, 0.15) is 32.4 Å². The molecule has 2 N–H and O–H groups in total. The van der Waals surface area contributed by atoms with Gasteiger partial charge in [0.1, 0.15) is 5.76 Å². The second kappa shape index (κ2) is 6.79. The highest BCUT2D eigenvalue weighted by Crippen LogP contribution is 2.25. The predicted molar refractivity (Wildman–Crippen MR) is 77.8 cm³/mol. The van der Waals surface area contributed by atoms with Gasteiger partial charge in [-0.2, -0.15) is 0 Å². The van der Waals surface area contributed by atoms with Crippen molar-refractivity contribution in [2.24, 2.45) is 11.8 Å². The number of carbonyl (C=O) groups is 1. The van der Waals surface area contributed by atoms with Gasteiger partial charge in [-0.1, -0.05) is 13.8 Å². The zero-order chi connectivity index (χ0) is 14.5. The standard InChI is InChI=1S/C15H24N2O3/c1-11(2)9-16-10-13-3-4-14(20-13)17-7-5-12(6-8-17)15(18)19/h3-4,11-12,16H,5-10H2,1-2H3,(H,18,19). The van der Waals surface area contributed by atoms with Gasteiger partial charge >= 0.3 is 5.97 Å². The fraction of sp³-hybridized carbons (Fsp3) is 0.667. The number of hydrogen-bond donors (Lipinski definition) is 2. The average molecular weight is 280 g/mol. The summed E-state index contributed by atoms with van der Waals surface area (Å²) >= 11 is 0. The van der Waals surface area contributed by atoms with Crippen molar-refractivity contribution in [2.45, 2.75) is 33.2 Å². The van der Waals surface area contributed by atoms with Gasteiger partial charge in [0.25, 0.3) is 0 Å². The number of rotatable bonds is 6. The summed E-state index contributed by atoms with van der Waals surface area (Å²) in [6.45, 7) is 7.57. The van der Waals surface area contributed by atoms with E-state index >= 15 is 0 Å². The molecule has 1 aliphatic rings. The van der Waals surface area contributed by atoms with Crippen LogP contribution in [0.3, 0.4) is 0 Å². The maximum Gasteiger partial charge on any atom is 0.306 e. The van der Waals surface area contributed by atoms with E-state index in [1.54, 1.807) is 0 Å². The zero-order valence-electron chi connectivity index (χ0n) is 12.3. The average Bonchev–Trinajstić information content (AvgIpc) is 2.87. The van der Waals surface area contributed by atoms with Crippen LogP contribution < -0.4 is 10.2 Å². The number of furan rings is 1. The molecule has 0 aliphatic carbocycles. The molecule has 0 amide bonds. The second-order valence-electron chi connectivity index (χ2n) is 5.86. The molecule has 1 fully saturated rings. The van der Waals surface area contributed by atoms with Crippen LogP contribution in [-0.2, 0) is 11.3 Å². The summed E-state index contributed by atoms with van der Waals surface area (Å²) < 4.78 is 5.82. The minimum absolute atomic E-state index is 0.201. The third-order valence-corrected chi connectivity index (χ3v) is 3.66. The normalized spacial score (nSPS) is 16.9. The van der Waals surface area contributed by atoms with Crippen LogP contribution in [0.5, 0.6) is 0 Å². The van der Waals surface area contributed by atoms with Crippen LogP contribution in [0.2, 0.25) is 0 Å². The van der Waals surface area contributed by atoms with Crippen LogP contribution in [0.25, 0.3) is 0 Å². The summed E-state index contributed by atoms with van der Waals surface area (Å²) in [6.07, 6.45) is 1.38. The molecular weight excluding hydrogens is 256 g/mol. The first-order valence-corrected chi connectivity index (χ1v) is 7.33. The van der Waals surface area contributed by atoms with Crippen LogP contribution in [0.4, 0.5) is 5.88 Å². The van der Waals surface area contributed by atoms with Gasteiger partial charge in [0.15, 0.2) is 5.88 Å². The highest BCUT2D eigenvalue weighted by Gasteiger charge is 2.25. The van der Waals surface area contributed by atoms with Crippen molar-refractivity contribution >= 4 is 11.9 Å². The lowest BCUT2D eigenvalue weighted by molar-refractivity contribution is -0.142. The van der Waals surface area contributed by atoms with E-state index in [4.69, 9.17) is 9.52 Å². The Morgan fingerprint density at radius 3 is 2.75 bits per heavy atom. The first kappa shape index (κ1) is 14.9. The van der Waals surface area contributed by atoms with Gasteiger partial charge in [0.2, 0.25) is 0 Å². The summed E-state index contributed by atoms with van der Waals surface area (Å²) in [7, 11) is 0. The van der Waals surface area contributed by atoms with Gasteiger partial charge in [-0.3, -0.25) is 4.79 Å². The van der Waals surface area contributed by atoms with Gasteiger partial charge in [-0.25, -0.2) is 0 Å². The molecular formula is C15H24N2O3. The molecule has 2 rings (SSSR count). The molecule has 112 valence electrons. The SMILES string of the molecule is CC(C)CNCc1ccc(N2CCC(C(=O)O)CC2)o1. The Kier molecular flexibility index (Phi) is 5.06. The number of piperidine rings is 1. The van der Waals surface area contributed by atoms with E-state index in [0.717, 1.165) is 37.8 Å². The number of nitrogens with zero attached hydrogens (tertiary/aromatic N) is 1. The highest BCUT2D eigenvalue weighted by molar-refractivity contribution is 5.70. The molecule has 0 bridgehead atoms. The molecule has 1 aromatic heterocycles. The van der Waals surface area contributed by atoms with Crippen molar-refractivity contribution in [2.75, 3.05) is 24.5 Å². The molecule has 0 spiro atoms. The largest absolute Gasteiger partial charge is 0.481 e. The Labute approximate surface area is 119 Å². The number of anilines is 1. The van der Waals surface area contributed by atoms with Crippen molar-refractivity contribution in [3.63, 3.8) is 0 Å². The van der Waals surface area contributed by atoms with E-state index in [0.29, 0.717) is 18.8 Å². The van der Waals surface area contributed by atoms with E-state index in [2.05, 4.69) is 24.1 Å². The molecule has 1 aliphatic heterocycles. The number of hydrogen-bond acceptors (Lipinski definition) is 4. The number of aliphatic carboxylic acids is 1. The van der Waals surface area contributed by atoms with Crippen molar-refractivity contribution in [3.8, 4) is 0 Å². The van der Waals surface area contributed by atoms with E-state index in [1.807, 2.05) is 12.1 Å². The van der Waals surface area contributed by atoms with E-state index in [-0.39, 0.29) is 5.92 Å². The van der Waals surface area contributed by atoms with Crippen molar-refractivity contribution in [1.29, 1.82) is 0 Å². The van der Waals surface area contributed by atoms with Crippen LogP contribution >= 0.6 is 0 Å². The molecule has 5 heteroatoms. The maximum absolute atomic E-state index is 10.9. The molecule has 0 radical (unpaired) electrons. The number of carboxylic acids is 1. The minimum Gasteiger partial charge on any atom is -0.481 e. The Morgan fingerprint density at radius 2 is 2.15 bits per heavy atom. The van der Waals surface area contributed by atoms with Crippen molar-refractivity contribution in [1.82, 2.24) is 5.32 Å². The molecule has 0 atom stereocenters. The molecule has 0 aromatic carbocycles. The predicted octanol–water partition coefficient (Wildman–Crippen LogP) is 2.33. The Morgan fingerprint density at radius 1 is 1.45 bits per heavy atom.